The van der Waals surface area contributed by atoms with Crippen LogP contribution in [0.15, 0.2) is 41.1 Å². The number of alkyl halides is 2. The van der Waals surface area contributed by atoms with Gasteiger partial charge >= 0.3 is 6.43 Å². The van der Waals surface area contributed by atoms with Gasteiger partial charge in [-0.3, -0.25) is 0 Å². The molecule has 0 saturated heterocycles. The Morgan fingerprint density at radius 2 is 1.76 bits per heavy atom. The van der Waals surface area contributed by atoms with E-state index in [0.717, 1.165) is 11.1 Å². The van der Waals surface area contributed by atoms with Crippen molar-refractivity contribution in [1.29, 1.82) is 0 Å². The summed E-state index contributed by atoms with van der Waals surface area (Å²) in [5, 5.41) is 10.1. The molecular weight excluding hydrogens is 328 g/mol. The molecule has 0 unspecified atom stereocenters. The third-order valence-electron chi connectivity index (χ3n) is 3.77. The number of halogens is 2. The zero-order valence-corrected chi connectivity index (χ0v) is 14.0. The second kappa shape index (κ2) is 6.54. The zero-order valence-electron chi connectivity index (χ0n) is 14.0. The van der Waals surface area contributed by atoms with E-state index in [4.69, 9.17) is 4.42 Å². The molecule has 0 aliphatic heterocycles. The first-order valence-corrected chi connectivity index (χ1v) is 7.65. The van der Waals surface area contributed by atoms with Crippen molar-refractivity contribution in [3.05, 3.63) is 53.7 Å². The molecule has 130 valence electrons. The van der Waals surface area contributed by atoms with Gasteiger partial charge in [-0.15, -0.1) is 10.2 Å². The highest BCUT2D eigenvalue weighted by molar-refractivity contribution is 5.51. The zero-order chi connectivity index (χ0) is 18.0. The molecule has 25 heavy (non-hydrogen) atoms. The van der Waals surface area contributed by atoms with E-state index < -0.39 is 12.3 Å². The van der Waals surface area contributed by atoms with Crippen molar-refractivity contribution in [3.8, 4) is 11.5 Å². The Balaban J connectivity index is 1.79. The molecule has 0 spiro atoms. The van der Waals surface area contributed by atoms with Gasteiger partial charge in [0.15, 0.2) is 0 Å². The van der Waals surface area contributed by atoms with E-state index in [9.17, 15) is 8.78 Å². The highest BCUT2D eigenvalue weighted by Crippen LogP contribution is 2.27. The van der Waals surface area contributed by atoms with Crippen LogP contribution in [0.25, 0.3) is 11.5 Å². The summed E-state index contributed by atoms with van der Waals surface area (Å²) in [6.07, 6.45) is 0.0935. The van der Waals surface area contributed by atoms with Crippen LogP contribution in [0.2, 0.25) is 0 Å². The van der Waals surface area contributed by atoms with Crippen molar-refractivity contribution in [1.82, 2.24) is 20.2 Å². The maximum Gasteiger partial charge on any atom is 0.314 e. The number of nitrogens with zero attached hydrogens (tertiary/aromatic N) is 4. The summed E-state index contributed by atoms with van der Waals surface area (Å²) in [7, 11) is 0. The van der Waals surface area contributed by atoms with E-state index in [2.05, 4.69) is 25.5 Å². The first kappa shape index (κ1) is 16.9. The number of aromatic nitrogens is 4. The van der Waals surface area contributed by atoms with E-state index in [1.807, 2.05) is 45.0 Å². The van der Waals surface area contributed by atoms with Gasteiger partial charge in [-0.2, -0.15) is 8.78 Å². The molecule has 6 nitrogen and oxygen atoms in total. The Hall–Kier alpha value is -2.90. The van der Waals surface area contributed by atoms with Crippen molar-refractivity contribution in [3.63, 3.8) is 0 Å². The number of benzene rings is 1. The summed E-state index contributed by atoms with van der Waals surface area (Å²) < 4.78 is 29.9. The lowest BCUT2D eigenvalue weighted by molar-refractivity contribution is 0.116. The lowest BCUT2D eigenvalue weighted by atomic mass is 9.90. The van der Waals surface area contributed by atoms with Crippen LogP contribution in [-0.2, 0) is 5.54 Å². The highest BCUT2D eigenvalue weighted by Gasteiger charge is 2.23. The Kier molecular flexibility index (Phi) is 4.43. The van der Waals surface area contributed by atoms with Gasteiger partial charge in [0.1, 0.15) is 0 Å². The van der Waals surface area contributed by atoms with Gasteiger partial charge in [0.05, 0.1) is 11.1 Å². The summed E-state index contributed by atoms with van der Waals surface area (Å²) in [6, 6.07) is 8.05. The topological polar surface area (TPSA) is 76.7 Å². The second-order valence-corrected chi connectivity index (χ2v) is 6.11. The molecule has 2 aromatic heterocycles. The quantitative estimate of drug-likeness (QED) is 0.749. The molecule has 0 aliphatic carbocycles. The third kappa shape index (κ3) is 3.62. The second-order valence-electron chi connectivity index (χ2n) is 6.11. The fraction of sp³-hybridized carbons (Fsp3) is 0.294. The normalized spacial score (nSPS) is 11.8. The number of aryl methyl sites for hydroxylation is 1. The molecule has 2 heterocycles. The van der Waals surface area contributed by atoms with E-state index in [-0.39, 0.29) is 11.4 Å². The number of hydrogen-bond donors (Lipinski definition) is 1. The molecule has 0 saturated carbocycles. The largest absolute Gasteiger partial charge is 0.415 e. The van der Waals surface area contributed by atoms with Crippen molar-refractivity contribution in [2.24, 2.45) is 0 Å². The maximum atomic E-state index is 12.5. The minimum atomic E-state index is -2.81. The molecule has 0 radical (unpaired) electrons. The monoisotopic (exact) mass is 345 g/mol. The summed E-state index contributed by atoms with van der Waals surface area (Å²) in [5.74, 6) is -0.358. The summed E-state index contributed by atoms with van der Waals surface area (Å²) in [4.78, 5) is 8.42. The van der Waals surface area contributed by atoms with Crippen LogP contribution in [-0.4, -0.2) is 20.2 Å². The lowest BCUT2D eigenvalue weighted by Gasteiger charge is -2.28. The molecule has 8 heteroatoms. The van der Waals surface area contributed by atoms with Crippen molar-refractivity contribution in [2.75, 3.05) is 5.32 Å². The average Bonchev–Trinajstić information content (AvgIpc) is 3.06. The average molecular weight is 345 g/mol. The van der Waals surface area contributed by atoms with Gasteiger partial charge in [0.25, 0.3) is 11.8 Å². The number of anilines is 1. The van der Waals surface area contributed by atoms with Crippen LogP contribution in [0.4, 0.5) is 14.7 Å². The number of hydrogen-bond acceptors (Lipinski definition) is 6. The maximum absolute atomic E-state index is 12.5. The summed E-state index contributed by atoms with van der Waals surface area (Å²) >= 11 is 0. The Morgan fingerprint density at radius 1 is 1.08 bits per heavy atom. The van der Waals surface area contributed by atoms with Crippen molar-refractivity contribution < 1.29 is 13.2 Å². The van der Waals surface area contributed by atoms with Gasteiger partial charge in [-0.05, 0) is 31.9 Å². The van der Waals surface area contributed by atoms with E-state index >= 15 is 0 Å². The first-order valence-electron chi connectivity index (χ1n) is 7.65. The molecule has 1 N–H and O–H groups in total. The van der Waals surface area contributed by atoms with Crippen LogP contribution < -0.4 is 5.32 Å². The molecule has 1 aromatic carbocycles. The van der Waals surface area contributed by atoms with Crippen LogP contribution in [0.3, 0.4) is 0 Å². The van der Waals surface area contributed by atoms with Gasteiger partial charge < -0.3 is 9.73 Å². The van der Waals surface area contributed by atoms with E-state index in [1.165, 1.54) is 12.4 Å². The molecule has 0 atom stereocenters. The fourth-order valence-corrected chi connectivity index (χ4v) is 2.56. The lowest BCUT2D eigenvalue weighted by Crippen LogP contribution is -2.29. The Labute approximate surface area is 143 Å². The standard InChI is InChI=1S/C17H17F2N5O/c1-10-6-4-5-7-12(10)17(2,3)22-16-20-8-11(9-21-16)14-23-24-15(25-14)13(18)19/h4-9,13H,1-3H3,(H,20,21,22). The molecule has 0 bridgehead atoms. The van der Waals surface area contributed by atoms with Gasteiger partial charge in [-0.1, -0.05) is 24.3 Å². The molecule has 3 rings (SSSR count). The summed E-state index contributed by atoms with van der Waals surface area (Å²) in [6.45, 7) is 6.10. The van der Waals surface area contributed by atoms with Crippen LogP contribution in [0.1, 0.15) is 37.3 Å². The van der Waals surface area contributed by atoms with Crippen LogP contribution in [0.5, 0.6) is 0 Å². The highest BCUT2D eigenvalue weighted by atomic mass is 19.3. The van der Waals surface area contributed by atoms with E-state index in [0.29, 0.717) is 11.5 Å². The number of nitrogens with one attached hydrogen (secondary N) is 1. The van der Waals surface area contributed by atoms with Crippen molar-refractivity contribution >= 4 is 5.95 Å². The molecular formula is C17H17F2N5O. The minimum absolute atomic E-state index is 0.0417. The van der Waals surface area contributed by atoms with Gasteiger partial charge in [-0.25, -0.2) is 9.97 Å². The first-order chi connectivity index (χ1) is 11.9. The molecule has 0 aliphatic rings. The Morgan fingerprint density at radius 3 is 2.36 bits per heavy atom. The minimum Gasteiger partial charge on any atom is -0.415 e. The van der Waals surface area contributed by atoms with E-state index in [1.54, 1.807) is 0 Å². The summed E-state index contributed by atoms with van der Waals surface area (Å²) in [5.41, 5.74) is 2.27. The third-order valence-corrected chi connectivity index (χ3v) is 3.77. The Bertz CT molecular complexity index is 861. The predicted molar refractivity (Wildman–Crippen MR) is 88.1 cm³/mol. The van der Waals surface area contributed by atoms with Crippen LogP contribution >= 0.6 is 0 Å². The fourth-order valence-electron chi connectivity index (χ4n) is 2.56. The smallest absolute Gasteiger partial charge is 0.314 e. The van der Waals surface area contributed by atoms with Crippen molar-refractivity contribution in [2.45, 2.75) is 32.7 Å². The van der Waals surface area contributed by atoms with Crippen LogP contribution in [0, 0.1) is 6.92 Å². The SMILES string of the molecule is Cc1ccccc1C(C)(C)Nc1ncc(-c2nnc(C(F)F)o2)cn1. The van der Waals surface area contributed by atoms with Gasteiger partial charge in [0, 0.05) is 12.4 Å². The van der Waals surface area contributed by atoms with Gasteiger partial charge in [0.2, 0.25) is 5.95 Å². The molecule has 3 aromatic rings. The number of rotatable bonds is 5. The molecule has 0 fully saturated rings. The predicted octanol–water partition coefficient (Wildman–Crippen LogP) is 4.12. The molecule has 0 amide bonds.